The lowest BCUT2D eigenvalue weighted by atomic mass is 9.72. The van der Waals surface area contributed by atoms with Crippen LogP contribution in [0.4, 0.5) is 0 Å². The van der Waals surface area contributed by atoms with Crippen LogP contribution in [0.5, 0.6) is 0 Å². The number of rotatable bonds is 2. The summed E-state index contributed by atoms with van der Waals surface area (Å²) < 4.78 is 7.60. The topological polar surface area (TPSA) is 60.2 Å². The van der Waals surface area contributed by atoms with E-state index in [1.165, 1.54) is 0 Å². The summed E-state index contributed by atoms with van der Waals surface area (Å²) >= 11 is 0. The highest BCUT2D eigenvalue weighted by Crippen LogP contribution is 2.49. The van der Waals surface area contributed by atoms with Crippen molar-refractivity contribution in [2.75, 3.05) is 26.3 Å². The zero-order valence-electron chi connectivity index (χ0n) is 13.6. The van der Waals surface area contributed by atoms with Crippen molar-refractivity contribution in [1.29, 1.82) is 0 Å². The summed E-state index contributed by atoms with van der Waals surface area (Å²) in [5.74, 6) is 1.72. The van der Waals surface area contributed by atoms with Gasteiger partial charge in [0.1, 0.15) is 12.2 Å². The molecule has 0 saturated carbocycles. The van der Waals surface area contributed by atoms with Crippen molar-refractivity contribution < 1.29 is 9.53 Å². The van der Waals surface area contributed by atoms with Crippen molar-refractivity contribution in [1.82, 2.24) is 19.7 Å². The van der Waals surface area contributed by atoms with Crippen molar-refractivity contribution >= 4 is 5.91 Å². The first-order valence-corrected chi connectivity index (χ1v) is 8.55. The maximum atomic E-state index is 12.9. The molecule has 2 aliphatic heterocycles. The summed E-state index contributed by atoms with van der Waals surface area (Å²) in [6.45, 7) is 3.16. The van der Waals surface area contributed by atoms with E-state index < -0.39 is 0 Å². The second-order valence-corrected chi connectivity index (χ2v) is 7.19. The average molecular weight is 316 g/mol. The molecule has 1 spiro atoms. The van der Waals surface area contributed by atoms with Crippen LogP contribution in [0.1, 0.15) is 37.4 Å². The van der Waals surface area contributed by atoms with E-state index in [2.05, 4.69) is 27.2 Å². The number of aryl methyl sites for hydroxylation is 1. The minimum absolute atomic E-state index is 0.0980. The summed E-state index contributed by atoms with van der Waals surface area (Å²) in [6, 6.07) is 0. The Kier molecular flexibility index (Phi) is 3.71. The maximum Gasteiger partial charge on any atom is 0.226 e. The number of aromatic nitrogens is 3. The predicted octanol–water partition coefficient (Wildman–Crippen LogP) is 1.50. The lowest BCUT2D eigenvalue weighted by molar-refractivity contribution is -0.134. The highest BCUT2D eigenvalue weighted by molar-refractivity contribution is 5.80. The molecule has 2 fully saturated rings. The third kappa shape index (κ3) is 2.49. The quantitative estimate of drug-likeness (QED) is 0.776. The molecule has 124 valence electrons. The molecule has 1 aromatic rings. The van der Waals surface area contributed by atoms with E-state index in [0.29, 0.717) is 5.91 Å². The number of carbonyl (C=O) groups excluding carboxylic acids is 1. The molecule has 3 heterocycles. The molecule has 23 heavy (non-hydrogen) atoms. The van der Waals surface area contributed by atoms with Crippen LogP contribution in [0.3, 0.4) is 0 Å². The summed E-state index contributed by atoms with van der Waals surface area (Å²) in [5.41, 5.74) is 0.0980. The van der Waals surface area contributed by atoms with E-state index in [4.69, 9.17) is 4.74 Å². The van der Waals surface area contributed by atoms with Gasteiger partial charge in [-0.05, 0) is 25.7 Å². The number of allylic oxidation sites excluding steroid dienone is 2. The van der Waals surface area contributed by atoms with Gasteiger partial charge in [0.05, 0.1) is 0 Å². The summed E-state index contributed by atoms with van der Waals surface area (Å²) in [4.78, 5) is 15.0. The van der Waals surface area contributed by atoms with Gasteiger partial charge in [-0.2, -0.15) is 0 Å². The third-order valence-electron chi connectivity index (χ3n) is 5.86. The molecule has 6 heteroatoms. The first kappa shape index (κ1) is 14.9. The third-order valence-corrected chi connectivity index (χ3v) is 5.86. The Morgan fingerprint density at radius 1 is 1.30 bits per heavy atom. The van der Waals surface area contributed by atoms with Gasteiger partial charge in [-0.3, -0.25) is 4.79 Å². The number of hydrogen-bond donors (Lipinski definition) is 0. The Morgan fingerprint density at radius 3 is 2.70 bits per heavy atom. The molecule has 0 N–H and O–H groups in total. The molecule has 0 radical (unpaired) electrons. The second-order valence-electron chi connectivity index (χ2n) is 7.19. The summed E-state index contributed by atoms with van der Waals surface area (Å²) in [7, 11) is 1.99. The van der Waals surface area contributed by atoms with Crippen LogP contribution in [0.2, 0.25) is 0 Å². The standard InChI is InChI=1S/C17H24N4O2/c1-20-12-18-19-15(20)14-10-21(16(22)13-4-2-3-5-13)11-17(14)6-8-23-9-7-17/h2-3,12-14H,4-11H2,1H3. The first-order chi connectivity index (χ1) is 11.2. The van der Waals surface area contributed by atoms with E-state index in [9.17, 15) is 4.79 Å². The van der Waals surface area contributed by atoms with Gasteiger partial charge in [0.2, 0.25) is 5.91 Å². The Balaban J connectivity index is 1.61. The molecular formula is C17H24N4O2. The maximum absolute atomic E-state index is 12.9. The normalized spacial score (nSPS) is 27.2. The van der Waals surface area contributed by atoms with Crippen molar-refractivity contribution in [3.63, 3.8) is 0 Å². The summed E-state index contributed by atoms with van der Waals surface area (Å²) in [6.07, 6.45) is 9.79. The zero-order chi connectivity index (χ0) is 15.9. The van der Waals surface area contributed by atoms with Gasteiger partial charge in [0.15, 0.2) is 0 Å². The number of ether oxygens (including phenoxy) is 1. The van der Waals surface area contributed by atoms with Gasteiger partial charge < -0.3 is 14.2 Å². The molecule has 0 aromatic carbocycles. The minimum atomic E-state index is 0.0980. The van der Waals surface area contributed by atoms with Crippen LogP contribution in [-0.2, 0) is 16.6 Å². The molecule has 6 nitrogen and oxygen atoms in total. The number of carbonyl (C=O) groups is 1. The fourth-order valence-electron chi connectivity index (χ4n) is 4.46. The molecule has 1 aliphatic carbocycles. The smallest absolute Gasteiger partial charge is 0.226 e. The van der Waals surface area contributed by atoms with Gasteiger partial charge in [0, 0.05) is 50.6 Å². The lowest BCUT2D eigenvalue weighted by Gasteiger charge is -2.37. The monoisotopic (exact) mass is 316 g/mol. The predicted molar refractivity (Wildman–Crippen MR) is 84.7 cm³/mol. The lowest BCUT2D eigenvalue weighted by Crippen LogP contribution is -2.39. The van der Waals surface area contributed by atoms with Crippen LogP contribution in [0.25, 0.3) is 0 Å². The molecule has 0 bridgehead atoms. The van der Waals surface area contributed by atoms with Gasteiger partial charge in [-0.25, -0.2) is 0 Å². The van der Waals surface area contributed by atoms with Crippen LogP contribution in [0.15, 0.2) is 18.5 Å². The van der Waals surface area contributed by atoms with Gasteiger partial charge in [0.25, 0.3) is 0 Å². The van der Waals surface area contributed by atoms with E-state index in [0.717, 1.165) is 57.8 Å². The van der Waals surface area contributed by atoms with Crippen LogP contribution in [-0.4, -0.2) is 51.9 Å². The van der Waals surface area contributed by atoms with E-state index in [1.54, 1.807) is 6.33 Å². The molecule has 1 atom stereocenters. The van der Waals surface area contributed by atoms with E-state index in [1.807, 2.05) is 11.6 Å². The fraction of sp³-hybridized carbons (Fsp3) is 0.706. The number of amides is 1. The molecule has 1 aromatic heterocycles. The van der Waals surface area contributed by atoms with E-state index >= 15 is 0 Å². The van der Waals surface area contributed by atoms with Crippen molar-refractivity contribution in [3.8, 4) is 0 Å². The SMILES string of the molecule is Cn1cnnc1C1CN(C(=O)C2CC=CC2)CC12CCOCC2. The van der Waals surface area contributed by atoms with Crippen LogP contribution >= 0.6 is 0 Å². The number of nitrogens with zero attached hydrogens (tertiary/aromatic N) is 4. The molecule has 4 rings (SSSR count). The van der Waals surface area contributed by atoms with Gasteiger partial charge in [-0.1, -0.05) is 12.2 Å². The highest BCUT2D eigenvalue weighted by atomic mass is 16.5. The van der Waals surface area contributed by atoms with Crippen molar-refractivity contribution in [2.45, 2.75) is 31.6 Å². The molecule has 1 amide bonds. The molecular weight excluding hydrogens is 292 g/mol. The molecule has 3 aliphatic rings. The Morgan fingerprint density at radius 2 is 2.04 bits per heavy atom. The molecule has 2 saturated heterocycles. The first-order valence-electron chi connectivity index (χ1n) is 8.55. The molecule has 1 unspecified atom stereocenters. The summed E-state index contributed by atoms with van der Waals surface area (Å²) in [5, 5.41) is 8.42. The van der Waals surface area contributed by atoms with Crippen LogP contribution in [0, 0.1) is 11.3 Å². The largest absolute Gasteiger partial charge is 0.381 e. The average Bonchev–Trinajstić information content (AvgIpc) is 3.28. The van der Waals surface area contributed by atoms with E-state index in [-0.39, 0.29) is 17.3 Å². The van der Waals surface area contributed by atoms with Crippen LogP contribution < -0.4 is 0 Å². The second kappa shape index (κ2) is 5.74. The minimum Gasteiger partial charge on any atom is -0.381 e. The highest BCUT2D eigenvalue weighted by Gasteiger charge is 2.51. The Labute approximate surface area is 136 Å². The Hall–Kier alpha value is -1.69. The van der Waals surface area contributed by atoms with Crippen molar-refractivity contribution in [3.05, 3.63) is 24.3 Å². The van der Waals surface area contributed by atoms with Gasteiger partial charge >= 0.3 is 0 Å². The van der Waals surface area contributed by atoms with Crippen molar-refractivity contribution in [2.24, 2.45) is 18.4 Å². The zero-order valence-corrected chi connectivity index (χ0v) is 13.6. The number of hydrogen-bond acceptors (Lipinski definition) is 4. The van der Waals surface area contributed by atoms with Gasteiger partial charge in [-0.15, -0.1) is 10.2 Å². The fourth-order valence-corrected chi connectivity index (χ4v) is 4.46. The Bertz CT molecular complexity index is 610. The number of likely N-dealkylation sites (tertiary alicyclic amines) is 1.